The van der Waals surface area contributed by atoms with E-state index in [1.165, 1.54) is 32.4 Å². The molecule has 1 saturated heterocycles. The first-order valence-corrected chi connectivity index (χ1v) is 10.6. The van der Waals surface area contributed by atoms with Crippen molar-refractivity contribution in [1.82, 2.24) is 0 Å². The Morgan fingerprint density at radius 2 is 1.58 bits per heavy atom. The molecule has 0 bridgehead atoms. The number of methoxy groups -OCH3 is 2. The van der Waals surface area contributed by atoms with Crippen molar-refractivity contribution in [2.75, 3.05) is 19.1 Å². The highest BCUT2D eigenvalue weighted by molar-refractivity contribution is 6.51. The fourth-order valence-electron chi connectivity index (χ4n) is 4.02. The predicted molar refractivity (Wildman–Crippen MR) is 124 cm³/mol. The minimum atomic E-state index is -4.89. The molecule has 3 aromatic carbocycles. The molecule has 1 amide bonds. The van der Waals surface area contributed by atoms with Gasteiger partial charge in [-0.3, -0.25) is 14.5 Å². The summed E-state index contributed by atoms with van der Waals surface area (Å²) in [5, 5.41) is 11.2. The zero-order chi connectivity index (χ0) is 26.0. The predicted octanol–water partition coefficient (Wildman–Crippen LogP) is 5.23. The average molecular weight is 499 g/mol. The molecule has 1 atom stereocenters. The van der Waals surface area contributed by atoms with Crippen LogP contribution >= 0.6 is 0 Å². The normalized spacial score (nSPS) is 17.2. The molecule has 3 aromatic rings. The number of para-hydroxylation sites is 1. The molecule has 1 unspecified atom stereocenters. The van der Waals surface area contributed by atoms with Crippen molar-refractivity contribution < 1.29 is 42.1 Å². The summed E-state index contributed by atoms with van der Waals surface area (Å²) >= 11 is 0. The number of hydrogen-bond donors (Lipinski definition) is 1. The lowest BCUT2D eigenvalue weighted by atomic mass is 9.94. The fraction of sp³-hybridized carbons (Fsp3) is 0.154. The van der Waals surface area contributed by atoms with Crippen LogP contribution in [0.4, 0.5) is 18.9 Å². The molecule has 7 nitrogen and oxygen atoms in total. The lowest BCUT2D eigenvalue weighted by molar-refractivity contribution is -0.274. The molecule has 10 heteroatoms. The largest absolute Gasteiger partial charge is 0.573 e. The number of amides is 1. The quantitative estimate of drug-likeness (QED) is 0.284. The molecule has 0 radical (unpaired) electrons. The number of carbonyl (C=O) groups excluding carboxylic acids is 2. The van der Waals surface area contributed by atoms with E-state index in [0.717, 1.165) is 17.0 Å². The number of rotatable bonds is 6. The number of nitrogens with zero attached hydrogens (tertiary/aromatic N) is 1. The summed E-state index contributed by atoms with van der Waals surface area (Å²) in [6.07, 6.45) is -4.89. The zero-order valence-electron chi connectivity index (χ0n) is 19.1. The summed E-state index contributed by atoms with van der Waals surface area (Å²) in [4.78, 5) is 27.6. The Balaban J connectivity index is 1.90. The Hall–Kier alpha value is -4.47. The molecule has 186 valence electrons. The van der Waals surface area contributed by atoms with Gasteiger partial charge in [0.05, 0.1) is 31.4 Å². The molecule has 1 aliphatic rings. The van der Waals surface area contributed by atoms with Crippen LogP contribution < -0.4 is 19.1 Å². The SMILES string of the molecule is COc1cccc(C2/C(=C(/O)c3ccccc3OC)C(=O)C(=O)N2c2ccc(OC(F)(F)F)cc2)c1. The van der Waals surface area contributed by atoms with Gasteiger partial charge in [0.1, 0.15) is 23.0 Å². The summed E-state index contributed by atoms with van der Waals surface area (Å²) in [6, 6.07) is 16.4. The monoisotopic (exact) mass is 499 g/mol. The van der Waals surface area contributed by atoms with Gasteiger partial charge in [-0.25, -0.2) is 0 Å². The molecular formula is C26H20F3NO6. The Morgan fingerprint density at radius 1 is 0.889 bits per heavy atom. The van der Waals surface area contributed by atoms with Gasteiger partial charge in [-0.2, -0.15) is 0 Å². The van der Waals surface area contributed by atoms with E-state index in [1.807, 2.05) is 0 Å². The second kappa shape index (κ2) is 9.65. The Labute approximate surface area is 203 Å². The number of hydrogen-bond acceptors (Lipinski definition) is 6. The number of ketones is 1. The second-order valence-electron chi connectivity index (χ2n) is 7.69. The molecule has 4 rings (SSSR count). The summed E-state index contributed by atoms with van der Waals surface area (Å²) < 4.78 is 52.2. The van der Waals surface area contributed by atoms with Crippen LogP contribution in [-0.2, 0) is 9.59 Å². The van der Waals surface area contributed by atoms with E-state index in [-0.39, 0.29) is 22.6 Å². The number of ether oxygens (including phenoxy) is 3. The van der Waals surface area contributed by atoms with Crippen LogP contribution in [0.15, 0.2) is 78.4 Å². The Kier molecular flexibility index (Phi) is 6.61. The highest BCUT2D eigenvalue weighted by Crippen LogP contribution is 2.44. The topological polar surface area (TPSA) is 85.3 Å². The maximum absolute atomic E-state index is 13.2. The molecule has 0 aromatic heterocycles. The smallest absolute Gasteiger partial charge is 0.507 e. The van der Waals surface area contributed by atoms with Crippen LogP contribution in [0.1, 0.15) is 17.2 Å². The molecule has 0 aliphatic carbocycles. The highest BCUT2D eigenvalue weighted by atomic mass is 19.4. The maximum atomic E-state index is 13.2. The molecule has 1 N–H and O–H groups in total. The van der Waals surface area contributed by atoms with Gasteiger partial charge in [0.2, 0.25) is 0 Å². The third-order valence-electron chi connectivity index (χ3n) is 5.56. The third-order valence-corrected chi connectivity index (χ3v) is 5.56. The van der Waals surface area contributed by atoms with E-state index in [9.17, 15) is 27.9 Å². The van der Waals surface area contributed by atoms with Crippen molar-refractivity contribution in [3.05, 3.63) is 89.5 Å². The summed E-state index contributed by atoms with van der Waals surface area (Å²) in [5.41, 5.74) is 0.535. The number of aliphatic hydroxyl groups is 1. The third kappa shape index (κ3) is 4.70. The van der Waals surface area contributed by atoms with E-state index in [2.05, 4.69) is 4.74 Å². The number of anilines is 1. The molecule has 1 fully saturated rings. The molecule has 0 saturated carbocycles. The van der Waals surface area contributed by atoms with Crippen LogP contribution in [0.2, 0.25) is 0 Å². The molecular weight excluding hydrogens is 479 g/mol. The van der Waals surface area contributed by atoms with Crippen molar-refractivity contribution in [2.45, 2.75) is 12.4 Å². The minimum Gasteiger partial charge on any atom is -0.507 e. The van der Waals surface area contributed by atoms with Crippen LogP contribution in [0.25, 0.3) is 5.76 Å². The van der Waals surface area contributed by atoms with Gasteiger partial charge in [-0.05, 0) is 54.1 Å². The van der Waals surface area contributed by atoms with Crippen molar-refractivity contribution >= 4 is 23.1 Å². The summed E-state index contributed by atoms with van der Waals surface area (Å²) in [7, 11) is 2.85. The highest BCUT2D eigenvalue weighted by Gasteiger charge is 2.47. The van der Waals surface area contributed by atoms with E-state index < -0.39 is 35.6 Å². The van der Waals surface area contributed by atoms with E-state index in [0.29, 0.717) is 11.3 Å². The van der Waals surface area contributed by atoms with Gasteiger partial charge in [0.15, 0.2) is 0 Å². The van der Waals surface area contributed by atoms with Crippen LogP contribution in [0.3, 0.4) is 0 Å². The minimum absolute atomic E-state index is 0.124. The number of carbonyl (C=O) groups is 2. The van der Waals surface area contributed by atoms with Crippen molar-refractivity contribution in [1.29, 1.82) is 0 Å². The van der Waals surface area contributed by atoms with Gasteiger partial charge in [-0.1, -0.05) is 24.3 Å². The van der Waals surface area contributed by atoms with E-state index in [1.54, 1.807) is 42.5 Å². The number of halogens is 3. The van der Waals surface area contributed by atoms with Gasteiger partial charge < -0.3 is 19.3 Å². The number of aliphatic hydroxyl groups excluding tert-OH is 1. The van der Waals surface area contributed by atoms with E-state index in [4.69, 9.17) is 9.47 Å². The maximum Gasteiger partial charge on any atom is 0.573 e. The summed E-state index contributed by atoms with van der Waals surface area (Å²) in [6.45, 7) is 0. The van der Waals surface area contributed by atoms with Gasteiger partial charge >= 0.3 is 6.36 Å². The second-order valence-corrected chi connectivity index (χ2v) is 7.69. The molecule has 0 spiro atoms. The van der Waals surface area contributed by atoms with Crippen LogP contribution in [0.5, 0.6) is 17.2 Å². The molecule has 1 heterocycles. The standard InChI is InChI=1S/C26H20F3NO6/c1-34-18-7-5-6-15(14-18)22-21(23(31)19-8-3-4-9-20(19)35-2)24(32)25(33)30(22)16-10-12-17(13-11-16)36-26(27,28)29/h3-14,22,31H,1-2H3/b23-21-. The lowest BCUT2D eigenvalue weighted by Crippen LogP contribution is -2.29. The Morgan fingerprint density at radius 3 is 2.22 bits per heavy atom. The number of Topliss-reactive ketones (excluding diaryl/α,β-unsaturated/α-hetero) is 1. The van der Waals surface area contributed by atoms with Gasteiger partial charge in [0.25, 0.3) is 11.7 Å². The molecule has 1 aliphatic heterocycles. The van der Waals surface area contributed by atoms with Crippen molar-refractivity contribution in [3.8, 4) is 17.2 Å². The first-order valence-electron chi connectivity index (χ1n) is 10.6. The molecule has 36 heavy (non-hydrogen) atoms. The van der Waals surface area contributed by atoms with Gasteiger partial charge in [-0.15, -0.1) is 13.2 Å². The van der Waals surface area contributed by atoms with Gasteiger partial charge in [0, 0.05) is 5.69 Å². The van der Waals surface area contributed by atoms with Crippen LogP contribution in [0, 0.1) is 0 Å². The Bertz CT molecular complexity index is 1330. The first kappa shape index (κ1) is 24.6. The number of benzene rings is 3. The van der Waals surface area contributed by atoms with E-state index >= 15 is 0 Å². The zero-order valence-corrected chi connectivity index (χ0v) is 19.1. The fourth-order valence-corrected chi connectivity index (χ4v) is 4.02. The number of alkyl halides is 3. The van der Waals surface area contributed by atoms with Crippen LogP contribution in [-0.4, -0.2) is 37.4 Å². The lowest BCUT2D eigenvalue weighted by Gasteiger charge is -2.26. The van der Waals surface area contributed by atoms with Crippen molar-refractivity contribution in [2.24, 2.45) is 0 Å². The average Bonchev–Trinajstić information content (AvgIpc) is 3.13. The van der Waals surface area contributed by atoms with Crippen molar-refractivity contribution in [3.63, 3.8) is 0 Å². The summed E-state index contributed by atoms with van der Waals surface area (Å²) in [5.74, 6) is -2.18. The first-order chi connectivity index (χ1) is 17.1.